The Morgan fingerprint density at radius 3 is 2.45 bits per heavy atom. The molecule has 5 nitrogen and oxygen atoms in total. The zero-order valence-corrected chi connectivity index (χ0v) is 17.7. The van der Waals surface area contributed by atoms with E-state index in [1.807, 2.05) is 30.3 Å². The lowest BCUT2D eigenvalue weighted by Crippen LogP contribution is -2.41. The predicted octanol–water partition coefficient (Wildman–Crippen LogP) is 3.87. The maximum absolute atomic E-state index is 12.7. The van der Waals surface area contributed by atoms with E-state index in [-0.39, 0.29) is 36.7 Å². The van der Waals surface area contributed by atoms with Crippen LogP contribution in [0.25, 0.3) is 0 Å². The van der Waals surface area contributed by atoms with Crippen molar-refractivity contribution in [2.24, 2.45) is 11.7 Å². The summed E-state index contributed by atoms with van der Waals surface area (Å²) in [5.41, 5.74) is 7.08. The van der Waals surface area contributed by atoms with Crippen LogP contribution in [0.1, 0.15) is 47.6 Å². The Bertz CT molecular complexity index is 817. The zero-order valence-electron chi connectivity index (χ0n) is 16.1. The molecular weight excluding hydrogens is 409 g/mol. The van der Waals surface area contributed by atoms with Crippen LogP contribution in [0.15, 0.2) is 54.6 Å². The quantitative estimate of drug-likeness (QED) is 0.616. The van der Waals surface area contributed by atoms with E-state index in [4.69, 9.17) is 17.3 Å². The standard InChI is InChI=1S/C22H26ClN3O2.ClH/c23-18-11-5-4-10-17(18)22(28)26-20(15-7-2-1-3-8-15)13-21(27)25-19-12-6-9-16(19)14-24;/h1-5,7-8,10-11,16,19-20H,6,9,12-14,24H2,(H,25,27)(H,26,28);1H. The molecule has 0 spiro atoms. The van der Waals surface area contributed by atoms with E-state index in [1.165, 1.54) is 0 Å². The van der Waals surface area contributed by atoms with E-state index in [9.17, 15) is 9.59 Å². The number of rotatable bonds is 7. The normalized spacial score (nSPS) is 19.1. The van der Waals surface area contributed by atoms with Gasteiger partial charge in [0.2, 0.25) is 5.91 Å². The van der Waals surface area contributed by atoms with Crippen LogP contribution in [-0.4, -0.2) is 24.4 Å². The van der Waals surface area contributed by atoms with Crippen molar-refractivity contribution in [3.63, 3.8) is 0 Å². The van der Waals surface area contributed by atoms with E-state index >= 15 is 0 Å². The van der Waals surface area contributed by atoms with E-state index in [0.717, 1.165) is 24.8 Å². The van der Waals surface area contributed by atoms with E-state index in [2.05, 4.69) is 10.6 Å². The smallest absolute Gasteiger partial charge is 0.253 e. The summed E-state index contributed by atoms with van der Waals surface area (Å²) in [6, 6.07) is 16.1. The van der Waals surface area contributed by atoms with Gasteiger partial charge in [-0.15, -0.1) is 12.4 Å². The highest BCUT2D eigenvalue weighted by atomic mass is 35.5. The minimum atomic E-state index is -0.442. The second kappa shape index (κ2) is 11.2. The molecule has 0 radical (unpaired) electrons. The van der Waals surface area contributed by atoms with E-state index in [0.29, 0.717) is 23.0 Å². The SMILES string of the molecule is Cl.NCC1CCCC1NC(=O)CC(NC(=O)c1ccccc1Cl)c1ccccc1. The Hall–Kier alpha value is -2.08. The summed E-state index contributed by atoms with van der Waals surface area (Å²) < 4.78 is 0. The molecule has 29 heavy (non-hydrogen) atoms. The number of nitrogens with one attached hydrogen (secondary N) is 2. The van der Waals surface area contributed by atoms with Crippen LogP contribution in [0.4, 0.5) is 0 Å². The fourth-order valence-electron chi connectivity index (χ4n) is 3.78. The number of hydrogen-bond acceptors (Lipinski definition) is 3. The van der Waals surface area contributed by atoms with Crippen LogP contribution in [0.5, 0.6) is 0 Å². The van der Waals surface area contributed by atoms with Crippen LogP contribution in [0.3, 0.4) is 0 Å². The van der Waals surface area contributed by atoms with Crippen molar-refractivity contribution in [2.75, 3.05) is 6.54 Å². The second-order valence-corrected chi connectivity index (χ2v) is 7.63. The van der Waals surface area contributed by atoms with Crippen molar-refractivity contribution in [3.8, 4) is 0 Å². The molecule has 2 aromatic carbocycles. The third-order valence-corrected chi connectivity index (χ3v) is 5.65. The fraction of sp³-hybridized carbons (Fsp3) is 0.364. The fourth-order valence-corrected chi connectivity index (χ4v) is 4.00. The first-order valence-electron chi connectivity index (χ1n) is 9.68. The van der Waals surface area contributed by atoms with Gasteiger partial charge in [-0.05, 0) is 43.0 Å². The Balaban J connectivity index is 0.00000300. The molecule has 0 aliphatic heterocycles. The topological polar surface area (TPSA) is 84.2 Å². The van der Waals surface area contributed by atoms with Gasteiger partial charge in [-0.25, -0.2) is 0 Å². The third-order valence-electron chi connectivity index (χ3n) is 5.32. The molecule has 3 atom stereocenters. The molecule has 1 aliphatic rings. The van der Waals surface area contributed by atoms with Crippen LogP contribution in [0, 0.1) is 5.92 Å². The van der Waals surface area contributed by atoms with Gasteiger partial charge in [-0.1, -0.05) is 60.5 Å². The summed E-state index contributed by atoms with van der Waals surface area (Å²) in [4.78, 5) is 25.4. The Kier molecular flexibility index (Phi) is 8.96. The Morgan fingerprint density at radius 1 is 1.07 bits per heavy atom. The van der Waals surface area contributed by atoms with Gasteiger partial charge >= 0.3 is 0 Å². The van der Waals surface area contributed by atoms with Crippen LogP contribution in [0.2, 0.25) is 5.02 Å². The van der Waals surface area contributed by atoms with Crippen molar-refractivity contribution >= 4 is 35.8 Å². The molecule has 2 aromatic rings. The maximum atomic E-state index is 12.7. The largest absolute Gasteiger partial charge is 0.353 e. The highest BCUT2D eigenvalue weighted by Crippen LogP contribution is 2.25. The molecule has 4 N–H and O–H groups in total. The number of nitrogens with two attached hydrogens (primary N) is 1. The van der Waals surface area contributed by atoms with Gasteiger partial charge in [0, 0.05) is 6.04 Å². The molecule has 0 bridgehead atoms. The monoisotopic (exact) mass is 435 g/mol. The highest BCUT2D eigenvalue weighted by molar-refractivity contribution is 6.33. The summed E-state index contributed by atoms with van der Waals surface area (Å²) in [5, 5.41) is 6.45. The average molecular weight is 436 g/mol. The maximum Gasteiger partial charge on any atom is 0.253 e. The minimum absolute atomic E-state index is 0. The van der Waals surface area contributed by atoms with Gasteiger partial charge in [0.25, 0.3) is 5.91 Å². The first kappa shape index (κ1) is 23.2. The summed E-state index contributed by atoms with van der Waals surface area (Å²) in [6.45, 7) is 0.580. The predicted molar refractivity (Wildman–Crippen MR) is 118 cm³/mol. The molecule has 0 heterocycles. The van der Waals surface area contributed by atoms with Crippen molar-refractivity contribution in [1.29, 1.82) is 0 Å². The highest BCUT2D eigenvalue weighted by Gasteiger charge is 2.28. The molecule has 0 aromatic heterocycles. The molecule has 156 valence electrons. The van der Waals surface area contributed by atoms with Crippen molar-refractivity contribution in [1.82, 2.24) is 10.6 Å². The number of hydrogen-bond donors (Lipinski definition) is 3. The lowest BCUT2D eigenvalue weighted by atomic mass is 10.0. The lowest BCUT2D eigenvalue weighted by molar-refractivity contribution is -0.122. The van der Waals surface area contributed by atoms with Crippen molar-refractivity contribution in [2.45, 2.75) is 37.8 Å². The average Bonchev–Trinajstić information content (AvgIpc) is 3.15. The molecular formula is C22H27Cl2N3O2. The third kappa shape index (κ3) is 6.20. The van der Waals surface area contributed by atoms with Gasteiger partial charge in [-0.3, -0.25) is 9.59 Å². The van der Waals surface area contributed by atoms with Gasteiger partial charge in [0.15, 0.2) is 0 Å². The number of halogens is 2. The summed E-state index contributed by atoms with van der Waals surface area (Å²) in [6.07, 6.45) is 3.24. The molecule has 3 unspecified atom stereocenters. The van der Waals surface area contributed by atoms with Gasteiger partial charge in [0.05, 0.1) is 23.0 Å². The molecule has 0 saturated heterocycles. The van der Waals surface area contributed by atoms with Gasteiger partial charge in [0.1, 0.15) is 0 Å². The first-order chi connectivity index (χ1) is 13.6. The van der Waals surface area contributed by atoms with E-state index in [1.54, 1.807) is 24.3 Å². The van der Waals surface area contributed by atoms with Crippen molar-refractivity contribution < 1.29 is 9.59 Å². The molecule has 1 aliphatic carbocycles. The molecule has 3 rings (SSSR count). The van der Waals surface area contributed by atoms with Gasteiger partial charge in [-0.2, -0.15) is 0 Å². The van der Waals surface area contributed by atoms with E-state index < -0.39 is 6.04 Å². The zero-order chi connectivity index (χ0) is 19.9. The van der Waals surface area contributed by atoms with Crippen molar-refractivity contribution in [3.05, 3.63) is 70.7 Å². The number of carbonyl (C=O) groups is 2. The minimum Gasteiger partial charge on any atom is -0.353 e. The number of amides is 2. The summed E-state index contributed by atoms with van der Waals surface area (Å²) in [7, 11) is 0. The molecule has 7 heteroatoms. The molecule has 1 fully saturated rings. The lowest BCUT2D eigenvalue weighted by Gasteiger charge is -2.23. The second-order valence-electron chi connectivity index (χ2n) is 7.22. The Morgan fingerprint density at radius 2 is 1.76 bits per heavy atom. The molecule has 1 saturated carbocycles. The first-order valence-corrected chi connectivity index (χ1v) is 10.1. The summed E-state index contributed by atoms with van der Waals surface area (Å²) in [5.74, 6) is -0.0524. The number of benzene rings is 2. The van der Waals surface area contributed by atoms with Crippen LogP contribution >= 0.6 is 24.0 Å². The van der Waals surface area contributed by atoms with Gasteiger partial charge < -0.3 is 16.4 Å². The summed E-state index contributed by atoms with van der Waals surface area (Å²) >= 11 is 6.15. The van der Waals surface area contributed by atoms with Crippen LogP contribution in [-0.2, 0) is 4.79 Å². The Labute approximate surface area is 182 Å². The van der Waals surface area contributed by atoms with Crippen LogP contribution < -0.4 is 16.4 Å². The number of carbonyl (C=O) groups excluding carboxylic acids is 2. The molecule has 2 amide bonds.